The highest BCUT2D eigenvalue weighted by atomic mass is 35.5. The van der Waals surface area contributed by atoms with Gasteiger partial charge in [0.15, 0.2) is 0 Å². The Bertz CT molecular complexity index is 903. The minimum atomic E-state index is -4.91. The zero-order chi connectivity index (χ0) is 21.9. The lowest BCUT2D eigenvalue weighted by Crippen LogP contribution is -2.45. The lowest BCUT2D eigenvalue weighted by molar-refractivity contribution is -0.143. The minimum Gasteiger partial charge on any atom is -0.314 e. The van der Waals surface area contributed by atoms with Crippen LogP contribution < -0.4 is 5.32 Å². The summed E-state index contributed by atoms with van der Waals surface area (Å²) in [5.41, 5.74) is -2.27. The molecule has 1 heterocycles. The van der Waals surface area contributed by atoms with Gasteiger partial charge in [-0.1, -0.05) is 23.4 Å². The van der Waals surface area contributed by atoms with Gasteiger partial charge in [-0.05, 0) is 48.0 Å². The van der Waals surface area contributed by atoms with Crippen LogP contribution >= 0.6 is 11.6 Å². The quantitative estimate of drug-likeness (QED) is 0.492. The highest BCUT2D eigenvalue weighted by molar-refractivity contribution is 6.30. The summed E-state index contributed by atoms with van der Waals surface area (Å²) in [6.07, 6.45) is -9.82. The predicted molar refractivity (Wildman–Crippen MR) is 102 cm³/mol. The summed E-state index contributed by atoms with van der Waals surface area (Å²) in [4.78, 5) is 1.77. The summed E-state index contributed by atoms with van der Waals surface area (Å²) in [5.74, 6) is 5.72. The number of hydrogen-bond donors (Lipinski definition) is 1. The van der Waals surface area contributed by atoms with Gasteiger partial charge in [-0.3, -0.25) is 4.90 Å². The van der Waals surface area contributed by atoms with E-state index in [-0.39, 0.29) is 11.6 Å². The Kier molecular flexibility index (Phi) is 6.65. The van der Waals surface area contributed by atoms with Crippen molar-refractivity contribution in [3.8, 4) is 11.8 Å². The van der Waals surface area contributed by atoms with Crippen molar-refractivity contribution in [2.45, 2.75) is 18.4 Å². The van der Waals surface area contributed by atoms with E-state index >= 15 is 0 Å². The van der Waals surface area contributed by atoms with Gasteiger partial charge in [0.1, 0.15) is 0 Å². The number of benzene rings is 2. The molecule has 9 heteroatoms. The van der Waals surface area contributed by atoms with Crippen molar-refractivity contribution in [1.82, 2.24) is 10.2 Å². The van der Waals surface area contributed by atoms with Crippen LogP contribution in [-0.4, -0.2) is 31.1 Å². The van der Waals surface area contributed by atoms with E-state index in [0.29, 0.717) is 36.8 Å². The largest absolute Gasteiger partial charge is 0.416 e. The maximum absolute atomic E-state index is 13.3. The van der Waals surface area contributed by atoms with E-state index in [2.05, 4.69) is 17.2 Å². The molecule has 1 atom stereocenters. The van der Waals surface area contributed by atoms with Crippen molar-refractivity contribution in [3.05, 3.63) is 69.7 Å². The molecule has 160 valence electrons. The zero-order valence-electron chi connectivity index (χ0n) is 15.5. The first kappa shape index (κ1) is 22.5. The van der Waals surface area contributed by atoms with Gasteiger partial charge in [-0.2, -0.15) is 26.3 Å². The maximum Gasteiger partial charge on any atom is 0.416 e. The van der Waals surface area contributed by atoms with E-state index in [1.165, 1.54) is 0 Å². The molecule has 30 heavy (non-hydrogen) atoms. The summed E-state index contributed by atoms with van der Waals surface area (Å²) in [5, 5.41) is 3.60. The Morgan fingerprint density at radius 3 is 1.90 bits per heavy atom. The van der Waals surface area contributed by atoms with Crippen molar-refractivity contribution in [1.29, 1.82) is 0 Å². The molecule has 1 saturated heterocycles. The first-order valence-electron chi connectivity index (χ1n) is 9.05. The Morgan fingerprint density at radius 1 is 0.867 bits per heavy atom. The number of nitrogens with zero attached hydrogens (tertiary/aromatic N) is 1. The predicted octanol–water partition coefficient (Wildman–Crippen LogP) is 5.38. The molecule has 0 aliphatic carbocycles. The van der Waals surface area contributed by atoms with E-state index in [9.17, 15) is 26.3 Å². The van der Waals surface area contributed by atoms with Crippen LogP contribution in [0.15, 0.2) is 42.5 Å². The van der Waals surface area contributed by atoms with Crippen molar-refractivity contribution >= 4 is 11.6 Å². The maximum atomic E-state index is 13.3. The minimum absolute atomic E-state index is 0.130. The summed E-state index contributed by atoms with van der Waals surface area (Å²) >= 11 is 5.84. The molecule has 0 radical (unpaired) electrons. The van der Waals surface area contributed by atoms with Crippen LogP contribution in [0.25, 0.3) is 0 Å². The highest BCUT2D eigenvalue weighted by Crippen LogP contribution is 2.38. The van der Waals surface area contributed by atoms with Crippen LogP contribution in [0.2, 0.25) is 5.02 Å². The van der Waals surface area contributed by atoms with E-state index in [1.807, 2.05) is 0 Å². The third-order valence-corrected chi connectivity index (χ3v) is 4.89. The van der Waals surface area contributed by atoms with Gasteiger partial charge in [0.25, 0.3) is 0 Å². The molecule has 1 fully saturated rings. The average molecular weight is 447 g/mol. The van der Waals surface area contributed by atoms with Crippen LogP contribution in [0.3, 0.4) is 0 Å². The zero-order valence-corrected chi connectivity index (χ0v) is 16.3. The number of rotatable bonds is 2. The first-order valence-corrected chi connectivity index (χ1v) is 9.43. The van der Waals surface area contributed by atoms with Crippen molar-refractivity contribution in [3.63, 3.8) is 0 Å². The van der Waals surface area contributed by atoms with E-state index < -0.39 is 29.5 Å². The summed E-state index contributed by atoms with van der Waals surface area (Å²) < 4.78 is 79.7. The van der Waals surface area contributed by atoms with Gasteiger partial charge in [-0.15, -0.1) is 0 Å². The van der Waals surface area contributed by atoms with Crippen LogP contribution in [-0.2, 0) is 12.4 Å². The Hall–Kier alpha value is -2.21. The van der Waals surface area contributed by atoms with Crippen LogP contribution in [0, 0.1) is 11.8 Å². The van der Waals surface area contributed by atoms with Crippen molar-refractivity contribution in [2.75, 3.05) is 26.2 Å². The van der Waals surface area contributed by atoms with Crippen LogP contribution in [0.1, 0.15) is 28.3 Å². The first-order chi connectivity index (χ1) is 14.0. The monoisotopic (exact) mass is 446 g/mol. The highest BCUT2D eigenvalue weighted by Gasteiger charge is 2.38. The third kappa shape index (κ3) is 5.69. The molecule has 1 aliphatic heterocycles. The molecule has 0 aromatic heterocycles. The summed E-state index contributed by atoms with van der Waals surface area (Å²) in [6.45, 7) is 2.00. The number of piperazine rings is 1. The van der Waals surface area contributed by atoms with Gasteiger partial charge in [0, 0.05) is 36.8 Å². The van der Waals surface area contributed by atoms with Crippen LogP contribution in [0.5, 0.6) is 0 Å². The molecule has 0 amide bonds. The molecule has 1 aliphatic rings. The fourth-order valence-electron chi connectivity index (χ4n) is 3.15. The fourth-order valence-corrected chi connectivity index (χ4v) is 3.27. The molecule has 0 bridgehead atoms. The average Bonchev–Trinajstić information content (AvgIpc) is 2.69. The molecule has 1 N–H and O–H groups in total. The van der Waals surface area contributed by atoms with Gasteiger partial charge < -0.3 is 5.32 Å². The molecule has 1 unspecified atom stereocenters. The molecule has 0 saturated carbocycles. The molecule has 2 aromatic carbocycles. The normalized spacial score (nSPS) is 16.6. The van der Waals surface area contributed by atoms with E-state index in [1.54, 1.807) is 29.2 Å². The Morgan fingerprint density at radius 2 is 1.40 bits per heavy atom. The van der Waals surface area contributed by atoms with Crippen molar-refractivity contribution < 1.29 is 26.3 Å². The Labute approximate surface area is 174 Å². The molecular formula is C21H17ClF6N2. The molecule has 2 nitrogen and oxygen atoms in total. The molecule has 0 spiro atoms. The van der Waals surface area contributed by atoms with Gasteiger partial charge in [0.05, 0.1) is 17.2 Å². The SMILES string of the molecule is FC(F)(F)c1cc(C(C#Cc2ccc(Cl)cc2)N2CCNCC2)cc(C(F)(F)F)c1. The molecule has 2 aromatic rings. The fraction of sp³-hybridized carbons (Fsp3) is 0.333. The second kappa shape index (κ2) is 8.88. The lowest BCUT2D eigenvalue weighted by Gasteiger charge is -2.33. The molecule has 3 rings (SSSR count). The second-order valence-electron chi connectivity index (χ2n) is 6.80. The third-order valence-electron chi connectivity index (χ3n) is 4.64. The molecular weight excluding hydrogens is 430 g/mol. The second-order valence-corrected chi connectivity index (χ2v) is 7.24. The Balaban J connectivity index is 2.09. The number of halogens is 7. The van der Waals surface area contributed by atoms with Gasteiger partial charge >= 0.3 is 12.4 Å². The van der Waals surface area contributed by atoms with Gasteiger partial charge in [0.2, 0.25) is 0 Å². The van der Waals surface area contributed by atoms with Crippen molar-refractivity contribution in [2.24, 2.45) is 0 Å². The number of nitrogens with one attached hydrogen (secondary N) is 1. The number of alkyl halides is 6. The van der Waals surface area contributed by atoms with Gasteiger partial charge in [-0.25, -0.2) is 0 Å². The van der Waals surface area contributed by atoms with E-state index in [0.717, 1.165) is 12.1 Å². The summed E-state index contributed by atoms with van der Waals surface area (Å²) in [7, 11) is 0. The van der Waals surface area contributed by atoms with E-state index in [4.69, 9.17) is 11.6 Å². The standard InChI is InChI=1S/C21H17ClF6N2/c22-18-4-1-14(2-5-18)3-6-19(30-9-7-29-8-10-30)15-11-16(20(23,24)25)13-17(12-15)21(26,27)28/h1-2,4-5,11-13,19,29H,7-10H2. The summed E-state index contributed by atoms with van der Waals surface area (Å²) in [6, 6.07) is 7.19. The smallest absolute Gasteiger partial charge is 0.314 e. The lowest BCUT2D eigenvalue weighted by atomic mass is 9.98. The van der Waals surface area contributed by atoms with Crippen LogP contribution in [0.4, 0.5) is 26.3 Å². The topological polar surface area (TPSA) is 15.3 Å². The number of hydrogen-bond acceptors (Lipinski definition) is 2.